The standard InChI is InChI=1S/C23H22N8O/c1-15-19(13-17-7-4-6-16-5-2-3-8-18(16)17)23-24-21(30-9-11-32-12-10-30)14-20(31(23)27-15)22-25-28-29-26-22/h2-8,14H,9-13H2,1H3,(H,25,26,28,29). The second-order valence-electron chi connectivity index (χ2n) is 7.95. The third kappa shape index (κ3) is 3.18. The topological polar surface area (TPSA) is 97.1 Å². The van der Waals surface area contributed by atoms with Crippen molar-refractivity contribution < 1.29 is 4.74 Å². The number of aromatic amines is 1. The molecule has 5 aromatic rings. The van der Waals surface area contributed by atoms with Crippen LogP contribution in [0.5, 0.6) is 0 Å². The van der Waals surface area contributed by atoms with E-state index in [1.165, 1.54) is 16.3 Å². The number of morpholine rings is 1. The maximum atomic E-state index is 5.53. The Labute approximate surface area is 184 Å². The Hall–Kier alpha value is -3.85. The highest BCUT2D eigenvalue weighted by Crippen LogP contribution is 2.29. The summed E-state index contributed by atoms with van der Waals surface area (Å²) in [7, 11) is 0. The van der Waals surface area contributed by atoms with Crippen molar-refractivity contribution >= 4 is 22.2 Å². The normalized spacial score (nSPS) is 14.5. The van der Waals surface area contributed by atoms with Crippen LogP contribution in [0, 0.1) is 6.92 Å². The van der Waals surface area contributed by atoms with E-state index in [0.29, 0.717) is 19.0 Å². The van der Waals surface area contributed by atoms with E-state index in [2.05, 4.69) is 68.0 Å². The summed E-state index contributed by atoms with van der Waals surface area (Å²) in [5.74, 6) is 1.37. The van der Waals surface area contributed by atoms with Crippen LogP contribution in [-0.4, -0.2) is 61.5 Å². The number of fused-ring (bicyclic) bond motifs is 2. The quantitative estimate of drug-likeness (QED) is 0.472. The molecule has 1 aliphatic heterocycles. The van der Waals surface area contributed by atoms with Gasteiger partial charge in [-0.25, -0.2) is 9.50 Å². The molecule has 0 saturated carbocycles. The minimum atomic E-state index is 0.492. The summed E-state index contributed by atoms with van der Waals surface area (Å²) >= 11 is 0. The number of nitrogens with zero attached hydrogens (tertiary/aromatic N) is 7. The van der Waals surface area contributed by atoms with Crippen molar-refractivity contribution in [3.05, 3.63) is 65.4 Å². The Morgan fingerprint density at radius 1 is 1.06 bits per heavy atom. The van der Waals surface area contributed by atoms with Gasteiger partial charge in [0.25, 0.3) is 0 Å². The molecule has 4 heterocycles. The fraction of sp³-hybridized carbons (Fsp3) is 0.261. The summed E-state index contributed by atoms with van der Waals surface area (Å²) in [6.45, 7) is 4.99. The van der Waals surface area contributed by atoms with Crippen LogP contribution >= 0.6 is 0 Å². The Bertz CT molecular complexity index is 1400. The lowest BCUT2D eigenvalue weighted by molar-refractivity contribution is 0.122. The van der Waals surface area contributed by atoms with E-state index in [1.807, 2.05) is 17.5 Å². The van der Waals surface area contributed by atoms with Gasteiger partial charge < -0.3 is 9.64 Å². The summed E-state index contributed by atoms with van der Waals surface area (Å²) in [6, 6.07) is 16.9. The van der Waals surface area contributed by atoms with Crippen molar-refractivity contribution in [1.29, 1.82) is 0 Å². The van der Waals surface area contributed by atoms with Crippen LogP contribution in [0.25, 0.3) is 27.9 Å². The van der Waals surface area contributed by atoms with E-state index in [0.717, 1.165) is 47.9 Å². The van der Waals surface area contributed by atoms with Gasteiger partial charge in [-0.15, -0.1) is 10.2 Å². The molecule has 9 nitrogen and oxygen atoms in total. The highest BCUT2D eigenvalue weighted by Gasteiger charge is 2.22. The maximum absolute atomic E-state index is 5.53. The molecular formula is C23H22N8O. The zero-order valence-electron chi connectivity index (χ0n) is 17.7. The van der Waals surface area contributed by atoms with Crippen molar-refractivity contribution in [3.8, 4) is 11.5 Å². The molecule has 0 bridgehead atoms. The predicted molar refractivity (Wildman–Crippen MR) is 121 cm³/mol. The van der Waals surface area contributed by atoms with Gasteiger partial charge in [0.1, 0.15) is 11.5 Å². The molecule has 160 valence electrons. The van der Waals surface area contributed by atoms with Gasteiger partial charge in [-0.1, -0.05) is 42.5 Å². The Kier molecular flexibility index (Phi) is 4.53. The predicted octanol–water partition coefficient (Wildman–Crippen LogP) is 2.80. The van der Waals surface area contributed by atoms with E-state index in [4.69, 9.17) is 14.8 Å². The lowest BCUT2D eigenvalue weighted by Crippen LogP contribution is -2.36. The Morgan fingerprint density at radius 2 is 1.91 bits per heavy atom. The molecule has 0 amide bonds. The van der Waals surface area contributed by atoms with Crippen LogP contribution in [0.3, 0.4) is 0 Å². The SMILES string of the molecule is Cc1nn2c(-c3nn[nH]n3)cc(N3CCOCC3)nc2c1Cc1cccc2ccccc12. The maximum Gasteiger partial charge on any atom is 0.223 e. The highest BCUT2D eigenvalue weighted by molar-refractivity contribution is 5.86. The number of aryl methyl sites for hydroxylation is 1. The second kappa shape index (κ2) is 7.69. The number of benzene rings is 2. The molecule has 0 spiro atoms. The lowest BCUT2D eigenvalue weighted by Gasteiger charge is -2.28. The number of hydrogen-bond acceptors (Lipinski definition) is 7. The summed E-state index contributed by atoms with van der Waals surface area (Å²) < 4.78 is 7.37. The first-order valence-electron chi connectivity index (χ1n) is 10.7. The molecule has 0 unspecified atom stereocenters. The largest absolute Gasteiger partial charge is 0.378 e. The first kappa shape index (κ1) is 18.9. The minimum Gasteiger partial charge on any atom is -0.378 e. The summed E-state index contributed by atoms with van der Waals surface area (Å²) in [5, 5.41) is 22.0. The number of anilines is 1. The fourth-order valence-electron chi connectivity index (χ4n) is 4.38. The van der Waals surface area contributed by atoms with Crippen LogP contribution < -0.4 is 4.90 Å². The number of rotatable bonds is 4. The summed E-state index contributed by atoms with van der Waals surface area (Å²) in [6.07, 6.45) is 0.738. The van der Waals surface area contributed by atoms with Crippen LogP contribution in [0.15, 0.2) is 48.5 Å². The minimum absolute atomic E-state index is 0.492. The number of aromatic nitrogens is 7. The molecule has 1 N–H and O–H groups in total. The molecule has 1 aliphatic rings. The number of H-pyrrole nitrogens is 1. The monoisotopic (exact) mass is 426 g/mol. The van der Waals surface area contributed by atoms with E-state index >= 15 is 0 Å². The van der Waals surface area contributed by atoms with Gasteiger partial charge in [-0.3, -0.25) is 0 Å². The number of nitrogens with one attached hydrogen (secondary N) is 1. The number of ether oxygens (including phenoxy) is 1. The van der Waals surface area contributed by atoms with Crippen LogP contribution in [-0.2, 0) is 11.2 Å². The van der Waals surface area contributed by atoms with Gasteiger partial charge in [0, 0.05) is 31.1 Å². The fourth-order valence-corrected chi connectivity index (χ4v) is 4.38. The van der Waals surface area contributed by atoms with Crippen molar-refractivity contribution in [2.24, 2.45) is 0 Å². The first-order chi connectivity index (χ1) is 15.8. The van der Waals surface area contributed by atoms with E-state index < -0.39 is 0 Å². The van der Waals surface area contributed by atoms with E-state index in [-0.39, 0.29) is 0 Å². The number of tetrazole rings is 1. The molecule has 3 aromatic heterocycles. The smallest absolute Gasteiger partial charge is 0.223 e. The third-order valence-electron chi connectivity index (χ3n) is 6.03. The molecule has 32 heavy (non-hydrogen) atoms. The van der Waals surface area contributed by atoms with Crippen molar-refractivity contribution in [3.63, 3.8) is 0 Å². The highest BCUT2D eigenvalue weighted by atomic mass is 16.5. The molecule has 0 radical (unpaired) electrons. The van der Waals surface area contributed by atoms with E-state index in [1.54, 1.807) is 0 Å². The number of hydrogen-bond donors (Lipinski definition) is 1. The summed E-state index contributed by atoms with van der Waals surface area (Å²) in [4.78, 5) is 7.28. The lowest BCUT2D eigenvalue weighted by atomic mass is 9.98. The van der Waals surface area contributed by atoms with Gasteiger partial charge in [-0.05, 0) is 28.5 Å². The van der Waals surface area contributed by atoms with Crippen molar-refractivity contribution in [2.75, 3.05) is 31.2 Å². The molecule has 1 fully saturated rings. The summed E-state index contributed by atoms with van der Waals surface area (Å²) in [5.41, 5.74) is 4.87. The van der Waals surface area contributed by atoms with Crippen molar-refractivity contribution in [2.45, 2.75) is 13.3 Å². The van der Waals surface area contributed by atoms with Crippen LogP contribution in [0.2, 0.25) is 0 Å². The van der Waals surface area contributed by atoms with Crippen LogP contribution in [0.1, 0.15) is 16.8 Å². The third-order valence-corrected chi connectivity index (χ3v) is 6.03. The second-order valence-corrected chi connectivity index (χ2v) is 7.95. The molecule has 6 rings (SSSR count). The molecule has 0 aliphatic carbocycles. The molecular weight excluding hydrogens is 404 g/mol. The molecule has 1 saturated heterocycles. The Balaban J connectivity index is 1.53. The molecule has 9 heteroatoms. The van der Waals surface area contributed by atoms with Gasteiger partial charge in [0.15, 0.2) is 5.65 Å². The average molecular weight is 426 g/mol. The van der Waals surface area contributed by atoms with Gasteiger partial charge in [0.05, 0.1) is 18.9 Å². The average Bonchev–Trinajstić information content (AvgIpc) is 3.48. The van der Waals surface area contributed by atoms with Crippen molar-refractivity contribution in [1.82, 2.24) is 35.2 Å². The molecule has 2 aromatic carbocycles. The van der Waals surface area contributed by atoms with Gasteiger partial charge >= 0.3 is 0 Å². The van der Waals surface area contributed by atoms with Gasteiger partial charge in [0.2, 0.25) is 5.82 Å². The Morgan fingerprint density at radius 3 is 2.75 bits per heavy atom. The zero-order valence-corrected chi connectivity index (χ0v) is 17.7. The van der Waals surface area contributed by atoms with Crippen LogP contribution in [0.4, 0.5) is 5.82 Å². The first-order valence-corrected chi connectivity index (χ1v) is 10.7. The van der Waals surface area contributed by atoms with E-state index in [9.17, 15) is 0 Å². The zero-order chi connectivity index (χ0) is 21.5. The molecule has 0 atom stereocenters. The van der Waals surface area contributed by atoms with Gasteiger partial charge in [-0.2, -0.15) is 10.3 Å².